The smallest absolute Gasteiger partial charge is 0.410 e. The second-order valence-electron chi connectivity index (χ2n) is 5.94. The van der Waals surface area contributed by atoms with Gasteiger partial charge in [0.2, 0.25) is 5.91 Å². The number of carbonyl (C=O) groups excluding carboxylic acids is 2. The fourth-order valence-corrected chi connectivity index (χ4v) is 3.00. The van der Waals surface area contributed by atoms with Gasteiger partial charge in [-0.1, -0.05) is 0 Å². The van der Waals surface area contributed by atoms with Gasteiger partial charge in [-0.15, -0.1) is 0 Å². The van der Waals surface area contributed by atoms with Crippen LogP contribution in [-0.4, -0.2) is 52.7 Å². The number of likely N-dealkylation sites (tertiary alicyclic amines) is 1. The maximum Gasteiger partial charge on any atom is 0.410 e. The molecule has 2 rings (SSSR count). The summed E-state index contributed by atoms with van der Waals surface area (Å²) in [7, 11) is 1.31. The summed E-state index contributed by atoms with van der Waals surface area (Å²) >= 11 is 0. The summed E-state index contributed by atoms with van der Waals surface area (Å²) in [5.74, 6) is -0.217. The van der Waals surface area contributed by atoms with Crippen molar-refractivity contribution >= 4 is 12.0 Å². The molecule has 0 radical (unpaired) electrons. The molecule has 0 aliphatic carbocycles. The molecule has 8 heteroatoms. The Morgan fingerprint density at radius 2 is 2.12 bits per heavy atom. The van der Waals surface area contributed by atoms with E-state index in [1.54, 1.807) is 6.92 Å². The Bertz CT molecular complexity index is 671. The van der Waals surface area contributed by atoms with Gasteiger partial charge in [-0.05, 0) is 39.2 Å². The Balaban J connectivity index is 1.95. The molecule has 0 bridgehead atoms. The fraction of sp³-hybridized carbons (Fsp3) is 0.625. The van der Waals surface area contributed by atoms with Gasteiger partial charge in [0.1, 0.15) is 6.04 Å². The zero-order chi connectivity index (χ0) is 17.7. The van der Waals surface area contributed by atoms with Crippen LogP contribution in [0.3, 0.4) is 0 Å². The Morgan fingerprint density at radius 1 is 1.38 bits per heavy atom. The molecule has 24 heavy (non-hydrogen) atoms. The van der Waals surface area contributed by atoms with Crippen molar-refractivity contribution in [1.82, 2.24) is 19.8 Å². The molecule has 2 heterocycles. The van der Waals surface area contributed by atoms with Gasteiger partial charge in [0.05, 0.1) is 7.11 Å². The number of ether oxygens (including phenoxy) is 1. The standard InChI is InChI=1S/C16H24N4O4/c1-11-10-12(2)19(15(22)18-11)9-7-17-14(21)13-6-4-5-8-20(13)16(23)24-3/h10,13H,4-9H2,1-3H3,(H,17,21). The number of hydrogen-bond acceptors (Lipinski definition) is 5. The third-order valence-electron chi connectivity index (χ3n) is 4.20. The Kier molecular flexibility index (Phi) is 5.94. The number of piperidine rings is 1. The lowest BCUT2D eigenvalue weighted by molar-refractivity contribution is -0.127. The summed E-state index contributed by atoms with van der Waals surface area (Å²) in [6.45, 7) is 4.76. The van der Waals surface area contributed by atoms with Crippen LogP contribution in [0.4, 0.5) is 4.79 Å². The van der Waals surface area contributed by atoms with Crippen molar-refractivity contribution in [3.63, 3.8) is 0 Å². The van der Waals surface area contributed by atoms with Gasteiger partial charge in [-0.3, -0.25) is 14.3 Å². The molecular weight excluding hydrogens is 312 g/mol. The summed E-state index contributed by atoms with van der Waals surface area (Å²) in [5.41, 5.74) is 1.15. The van der Waals surface area contributed by atoms with Crippen molar-refractivity contribution < 1.29 is 14.3 Å². The van der Waals surface area contributed by atoms with Crippen LogP contribution in [0.1, 0.15) is 30.7 Å². The number of aryl methyl sites for hydroxylation is 2. The molecule has 132 valence electrons. The maximum absolute atomic E-state index is 12.4. The van der Waals surface area contributed by atoms with E-state index in [9.17, 15) is 14.4 Å². The molecular formula is C16H24N4O4. The average Bonchev–Trinajstić information content (AvgIpc) is 2.56. The number of aromatic nitrogens is 2. The normalized spacial score (nSPS) is 17.5. The van der Waals surface area contributed by atoms with E-state index >= 15 is 0 Å². The number of hydrogen-bond donors (Lipinski definition) is 1. The van der Waals surface area contributed by atoms with E-state index < -0.39 is 12.1 Å². The zero-order valence-electron chi connectivity index (χ0n) is 14.4. The zero-order valence-corrected chi connectivity index (χ0v) is 14.4. The first kappa shape index (κ1) is 18.0. The van der Waals surface area contributed by atoms with Gasteiger partial charge < -0.3 is 10.1 Å². The molecule has 1 aliphatic heterocycles. The number of carbonyl (C=O) groups is 2. The van der Waals surface area contributed by atoms with E-state index in [0.29, 0.717) is 31.7 Å². The predicted octanol–water partition coefficient (Wildman–Crippen LogP) is 0.597. The largest absolute Gasteiger partial charge is 0.453 e. The number of nitrogens with zero attached hydrogens (tertiary/aromatic N) is 3. The quantitative estimate of drug-likeness (QED) is 0.869. The minimum atomic E-state index is -0.514. The van der Waals surface area contributed by atoms with Gasteiger partial charge in [-0.25, -0.2) is 9.59 Å². The van der Waals surface area contributed by atoms with Crippen LogP contribution in [0.15, 0.2) is 10.9 Å². The number of nitrogens with one attached hydrogen (secondary N) is 1. The minimum absolute atomic E-state index is 0.217. The van der Waals surface area contributed by atoms with E-state index in [1.165, 1.54) is 16.6 Å². The van der Waals surface area contributed by atoms with E-state index in [4.69, 9.17) is 4.74 Å². The molecule has 1 aliphatic rings. The highest BCUT2D eigenvalue weighted by Gasteiger charge is 2.32. The second-order valence-corrected chi connectivity index (χ2v) is 5.94. The van der Waals surface area contributed by atoms with Crippen molar-refractivity contribution in [2.24, 2.45) is 0 Å². The number of amides is 2. The Hall–Kier alpha value is -2.38. The van der Waals surface area contributed by atoms with Crippen molar-refractivity contribution in [2.45, 2.75) is 45.7 Å². The van der Waals surface area contributed by atoms with Crippen molar-refractivity contribution in [1.29, 1.82) is 0 Å². The topological polar surface area (TPSA) is 93.5 Å². The van der Waals surface area contributed by atoms with Crippen LogP contribution in [0.5, 0.6) is 0 Å². The molecule has 1 aromatic heterocycles. The first-order chi connectivity index (χ1) is 11.4. The lowest BCUT2D eigenvalue weighted by Gasteiger charge is -2.33. The summed E-state index contributed by atoms with van der Waals surface area (Å²) in [6.07, 6.45) is 1.89. The first-order valence-corrected chi connectivity index (χ1v) is 8.11. The Morgan fingerprint density at radius 3 is 2.79 bits per heavy atom. The summed E-state index contributed by atoms with van der Waals surface area (Å²) < 4.78 is 6.26. The van der Waals surface area contributed by atoms with Gasteiger partial charge in [0, 0.05) is 31.0 Å². The maximum atomic E-state index is 12.4. The van der Waals surface area contributed by atoms with E-state index in [-0.39, 0.29) is 11.6 Å². The molecule has 0 aromatic carbocycles. The van der Waals surface area contributed by atoms with Gasteiger partial charge in [0.25, 0.3) is 0 Å². The number of methoxy groups -OCH3 is 1. The van der Waals surface area contributed by atoms with E-state index in [2.05, 4.69) is 10.3 Å². The highest BCUT2D eigenvalue weighted by Crippen LogP contribution is 2.17. The van der Waals surface area contributed by atoms with Crippen LogP contribution in [0, 0.1) is 13.8 Å². The van der Waals surface area contributed by atoms with Gasteiger partial charge >= 0.3 is 11.8 Å². The summed E-state index contributed by atoms with van der Waals surface area (Å²) in [5, 5.41) is 2.80. The van der Waals surface area contributed by atoms with Crippen LogP contribution >= 0.6 is 0 Å². The third-order valence-corrected chi connectivity index (χ3v) is 4.20. The average molecular weight is 336 g/mol. The summed E-state index contributed by atoms with van der Waals surface area (Å²) in [6, 6.07) is 1.31. The molecule has 1 unspecified atom stereocenters. The Labute approximate surface area is 140 Å². The van der Waals surface area contributed by atoms with Gasteiger partial charge in [-0.2, -0.15) is 4.98 Å². The number of rotatable bonds is 4. The predicted molar refractivity (Wildman–Crippen MR) is 87.7 cm³/mol. The third kappa shape index (κ3) is 4.12. The van der Waals surface area contributed by atoms with E-state index in [0.717, 1.165) is 18.5 Å². The minimum Gasteiger partial charge on any atom is -0.453 e. The van der Waals surface area contributed by atoms with Crippen LogP contribution in [-0.2, 0) is 16.1 Å². The molecule has 1 N–H and O–H groups in total. The van der Waals surface area contributed by atoms with Crippen molar-refractivity contribution in [3.05, 3.63) is 27.9 Å². The summed E-state index contributed by atoms with van der Waals surface area (Å²) in [4.78, 5) is 41.4. The second kappa shape index (κ2) is 7.94. The first-order valence-electron chi connectivity index (χ1n) is 8.11. The molecule has 1 atom stereocenters. The van der Waals surface area contributed by atoms with Crippen LogP contribution in [0.25, 0.3) is 0 Å². The SMILES string of the molecule is COC(=O)N1CCCCC1C(=O)NCCn1c(C)cc(C)nc1=O. The lowest BCUT2D eigenvalue weighted by Crippen LogP contribution is -2.52. The molecule has 1 saturated heterocycles. The highest BCUT2D eigenvalue weighted by molar-refractivity contribution is 5.85. The van der Waals surface area contributed by atoms with Crippen molar-refractivity contribution in [2.75, 3.05) is 20.2 Å². The van der Waals surface area contributed by atoms with Crippen LogP contribution in [0.2, 0.25) is 0 Å². The molecule has 0 spiro atoms. The molecule has 8 nitrogen and oxygen atoms in total. The van der Waals surface area contributed by atoms with Crippen molar-refractivity contribution in [3.8, 4) is 0 Å². The van der Waals surface area contributed by atoms with Gasteiger partial charge in [0.15, 0.2) is 0 Å². The van der Waals surface area contributed by atoms with E-state index in [1.807, 2.05) is 13.0 Å². The highest BCUT2D eigenvalue weighted by atomic mass is 16.5. The molecule has 2 amide bonds. The molecule has 1 fully saturated rings. The fourth-order valence-electron chi connectivity index (χ4n) is 3.00. The monoisotopic (exact) mass is 336 g/mol. The molecule has 0 saturated carbocycles. The molecule has 1 aromatic rings. The van der Waals surface area contributed by atoms with Crippen LogP contribution < -0.4 is 11.0 Å². The lowest BCUT2D eigenvalue weighted by atomic mass is 10.0.